The molecule has 0 amide bonds. The highest BCUT2D eigenvalue weighted by Gasteiger charge is 2.20. The van der Waals surface area contributed by atoms with Gasteiger partial charge >= 0.3 is 0 Å². The molecular weight excluding hydrogens is 489 g/mol. The lowest BCUT2D eigenvalue weighted by Crippen LogP contribution is -2.42. The van der Waals surface area contributed by atoms with Gasteiger partial charge in [0.15, 0.2) is 5.96 Å². The number of hydrogen-bond acceptors (Lipinski definition) is 4. The summed E-state index contributed by atoms with van der Waals surface area (Å²) in [6.45, 7) is 5.65. The Hall–Kier alpha value is -1.03. The number of methoxy groups -OCH3 is 1. The van der Waals surface area contributed by atoms with E-state index in [0.29, 0.717) is 13.0 Å². The number of rotatable bonds is 11. The Kier molecular flexibility index (Phi) is 12.8. The minimum absolute atomic E-state index is 0. The maximum atomic E-state index is 11.3. The Morgan fingerprint density at radius 2 is 1.79 bits per heavy atom. The Balaban J connectivity index is 0.00000729. The second kappa shape index (κ2) is 13.2. The predicted molar refractivity (Wildman–Crippen MR) is 129 cm³/mol. The van der Waals surface area contributed by atoms with Crippen LogP contribution in [0, 0.1) is 5.41 Å². The van der Waals surface area contributed by atoms with Gasteiger partial charge in [-0.05, 0) is 48.8 Å². The van der Waals surface area contributed by atoms with Gasteiger partial charge in [0.25, 0.3) is 0 Å². The molecule has 0 atom stereocenters. The van der Waals surface area contributed by atoms with Crippen LogP contribution in [0.2, 0.25) is 0 Å². The quantitative estimate of drug-likeness (QED) is 0.201. The summed E-state index contributed by atoms with van der Waals surface area (Å²) in [5, 5.41) is 6.62. The van der Waals surface area contributed by atoms with Crippen molar-refractivity contribution in [2.75, 3.05) is 39.3 Å². The summed E-state index contributed by atoms with van der Waals surface area (Å²) in [6.07, 6.45) is 5.08. The molecule has 0 aliphatic carbocycles. The van der Waals surface area contributed by atoms with Crippen LogP contribution in [0.1, 0.15) is 38.7 Å². The van der Waals surface area contributed by atoms with E-state index in [0.717, 1.165) is 37.5 Å². The fourth-order valence-corrected chi connectivity index (χ4v) is 3.47. The number of hydrogen-bond donors (Lipinski definition) is 2. The Bertz CT molecular complexity index is 689. The molecule has 0 saturated carbocycles. The number of nitrogens with one attached hydrogen (secondary N) is 2. The summed E-state index contributed by atoms with van der Waals surface area (Å²) in [5.41, 5.74) is 1.20. The van der Waals surface area contributed by atoms with Gasteiger partial charge in [-0.2, -0.15) is 0 Å². The lowest BCUT2D eigenvalue weighted by molar-refractivity contribution is 0.348. The molecule has 0 radical (unpaired) electrons. The SMILES string of the molecule is CN=C(NCCCCc1ccc(OC)cc1)NCC(C)(C)CCS(C)(=O)=O.I. The van der Waals surface area contributed by atoms with Crippen molar-refractivity contribution in [3.63, 3.8) is 0 Å². The van der Waals surface area contributed by atoms with Crippen molar-refractivity contribution in [1.82, 2.24) is 10.6 Å². The van der Waals surface area contributed by atoms with Gasteiger partial charge in [0.05, 0.1) is 12.9 Å². The van der Waals surface area contributed by atoms with E-state index in [9.17, 15) is 8.42 Å². The molecule has 1 rings (SSSR count). The van der Waals surface area contributed by atoms with Gasteiger partial charge in [0, 0.05) is 26.4 Å². The van der Waals surface area contributed by atoms with Gasteiger partial charge in [-0.1, -0.05) is 26.0 Å². The fraction of sp³-hybridized carbons (Fsp3) is 0.650. The highest BCUT2D eigenvalue weighted by atomic mass is 127. The molecule has 6 nitrogen and oxygen atoms in total. The van der Waals surface area contributed by atoms with Crippen LogP contribution < -0.4 is 15.4 Å². The third kappa shape index (κ3) is 12.4. The molecule has 0 aromatic heterocycles. The Labute approximate surface area is 187 Å². The highest BCUT2D eigenvalue weighted by molar-refractivity contribution is 14.0. The first-order chi connectivity index (χ1) is 12.6. The number of aryl methyl sites for hydroxylation is 1. The molecule has 0 fully saturated rings. The first-order valence-corrected chi connectivity index (χ1v) is 11.5. The number of guanidine groups is 1. The summed E-state index contributed by atoms with van der Waals surface area (Å²) < 4.78 is 27.9. The molecule has 28 heavy (non-hydrogen) atoms. The minimum atomic E-state index is -2.93. The van der Waals surface area contributed by atoms with Gasteiger partial charge < -0.3 is 15.4 Å². The van der Waals surface area contributed by atoms with Crippen LogP contribution in [0.5, 0.6) is 5.75 Å². The summed E-state index contributed by atoms with van der Waals surface area (Å²) in [6, 6.07) is 8.19. The lowest BCUT2D eigenvalue weighted by atomic mass is 9.90. The number of halogens is 1. The number of nitrogens with zero attached hydrogens (tertiary/aromatic N) is 1. The number of sulfone groups is 1. The van der Waals surface area contributed by atoms with Crippen LogP contribution in [0.15, 0.2) is 29.3 Å². The molecule has 2 N–H and O–H groups in total. The molecule has 0 heterocycles. The normalized spacial score (nSPS) is 12.2. The average molecular weight is 525 g/mol. The summed E-state index contributed by atoms with van der Waals surface area (Å²) >= 11 is 0. The van der Waals surface area contributed by atoms with Crippen molar-refractivity contribution in [2.45, 2.75) is 39.5 Å². The van der Waals surface area contributed by atoms with E-state index in [1.165, 1.54) is 11.8 Å². The zero-order valence-electron chi connectivity index (χ0n) is 17.7. The molecule has 0 bridgehead atoms. The van der Waals surface area contributed by atoms with Crippen LogP contribution in [-0.4, -0.2) is 53.6 Å². The topological polar surface area (TPSA) is 79.8 Å². The highest BCUT2D eigenvalue weighted by Crippen LogP contribution is 2.19. The fourth-order valence-electron chi connectivity index (χ4n) is 2.55. The lowest BCUT2D eigenvalue weighted by Gasteiger charge is -2.25. The number of ether oxygens (including phenoxy) is 1. The van der Waals surface area contributed by atoms with E-state index in [4.69, 9.17) is 4.74 Å². The zero-order valence-corrected chi connectivity index (χ0v) is 20.9. The maximum Gasteiger partial charge on any atom is 0.190 e. The molecule has 8 heteroatoms. The average Bonchev–Trinajstić information content (AvgIpc) is 2.62. The third-order valence-corrected chi connectivity index (χ3v) is 5.40. The summed E-state index contributed by atoms with van der Waals surface area (Å²) in [5.74, 6) is 1.85. The molecular formula is C20H36IN3O3S. The first-order valence-electron chi connectivity index (χ1n) is 9.40. The molecule has 0 spiro atoms. The van der Waals surface area contributed by atoms with E-state index >= 15 is 0 Å². The van der Waals surface area contributed by atoms with Gasteiger partial charge in [-0.3, -0.25) is 4.99 Å². The van der Waals surface area contributed by atoms with E-state index < -0.39 is 9.84 Å². The minimum Gasteiger partial charge on any atom is -0.497 e. The molecule has 1 aromatic carbocycles. The molecule has 0 unspecified atom stereocenters. The van der Waals surface area contributed by atoms with E-state index in [1.54, 1.807) is 14.2 Å². The van der Waals surface area contributed by atoms with Gasteiger partial charge in [-0.15, -0.1) is 24.0 Å². The van der Waals surface area contributed by atoms with E-state index in [-0.39, 0.29) is 35.1 Å². The van der Waals surface area contributed by atoms with Crippen LogP contribution in [0.4, 0.5) is 0 Å². The molecule has 0 saturated heterocycles. The van der Waals surface area contributed by atoms with Crippen LogP contribution in [-0.2, 0) is 16.3 Å². The van der Waals surface area contributed by atoms with Crippen LogP contribution in [0.25, 0.3) is 0 Å². The number of unbranched alkanes of at least 4 members (excludes halogenated alkanes) is 1. The van der Waals surface area contributed by atoms with Crippen molar-refractivity contribution in [2.24, 2.45) is 10.4 Å². The largest absolute Gasteiger partial charge is 0.497 e. The number of benzene rings is 1. The smallest absolute Gasteiger partial charge is 0.190 e. The van der Waals surface area contributed by atoms with Crippen LogP contribution >= 0.6 is 24.0 Å². The van der Waals surface area contributed by atoms with Crippen LogP contribution in [0.3, 0.4) is 0 Å². The van der Waals surface area contributed by atoms with Crippen molar-refractivity contribution < 1.29 is 13.2 Å². The molecule has 0 aliphatic rings. The molecule has 1 aromatic rings. The van der Waals surface area contributed by atoms with Gasteiger partial charge in [0.1, 0.15) is 15.6 Å². The van der Waals surface area contributed by atoms with Gasteiger partial charge in [-0.25, -0.2) is 8.42 Å². The summed E-state index contributed by atoms with van der Waals surface area (Å²) in [4.78, 5) is 4.24. The third-order valence-electron chi connectivity index (χ3n) is 4.45. The zero-order chi connectivity index (χ0) is 20.3. The Morgan fingerprint density at radius 3 is 2.32 bits per heavy atom. The van der Waals surface area contributed by atoms with E-state index in [1.807, 2.05) is 12.1 Å². The van der Waals surface area contributed by atoms with Crippen molar-refractivity contribution in [3.8, 4) is 5.75 Å². The first kappa shape index (κ1) is 27.0. The van der Waals surface area contributed by atoms with Gasteiger partial charge in [0.2, 0.25) is 0 Å². The standard InChI is InChI=1S/C20H35N3O3S.HI/c1-20(2,13-15-27(5,24)25)16-23-19(21-3)22-14-7-6-8-17-9-11-18(26-4)12-10-17;/h9-12H,6-8,13-16H2,1-5H3,(H2,21,22,23);1H. The second-order valence-corrected chi connectivity index (χ2v) is 9.96. The summed E-state index contributed by atoms with van der Waals surface area (Å²) in [7, 11) is 0.492. The van der Waals surface area contributed by atoms with Crippen molar-refractivity contribution >= 4 is 39.8 Å². The maximum absolute atomic E-state index is 11.3. The van der Waals surface area contributed by atoms with E-state index in [2.05, 4.69) is 41.6 Å². The predicted octanol–water partition coefficient (Wildman–Crippen LogP) is 3.26. The van der Waals surface area contributed by atoms with Crippen molar-refractivity contribution in [1.29, 1.82) is 0 Å². The monoisotopic (exact) mass is 525 g/mol. The second-order valence-electron chi connectivity index (χ2n) is 7.70. The number of aliphatic imine (C=N–C) groups is 1. The molecule has 0 aliphatic heterocycles. The Morgan fingerprint density at radius 1 is 1.14 bits per heavy atom. The molecule has 162 valence electrons. The van der Waals surface area contributed by atoms with Crippen molar-refractivity contribution in [3.05, 3.63) is 29.8 Å².